The van der Waals surface area contributed by atoms with Crippen LogP contribution in [0.3, 0.4) is 0 Å². The molecule has 6 heteroatoms. The number of ether oxygens (including phenoxy) is 1. The predicted octanol–water partition coefficient (Wildman–Crippen LogP) is 3.64. The summed E-state index contributed by atoms with van der Waals surface area (Å²) in [6, 6.07) is 13.4. The molecule has 0 radical (unpaired) electrons. The summed E-state index contributed by atoms with van der Waals surface area (Å²) in [6.45, 7) is 1.81. The molecule has 4 rings (SSSR count). The lowest BCUT2D eigenvalue weighted by atomic mass is 9.95. The number of carbonyl (C=O) groups is 1. The van der Waals surface area contributed by atoms with Gasteiger partial charge in [-0.1, -0.05) is 24.3 Å². The number of hydrogen-bond donors (Lipinski definition) is 1. The maximum atomic E-state index is 13.4. The van der Waals surface area contributed by atoms with Crippen LogP contribution in [0.2, 0.25) is 0 Å². The molecule has 1 aromatic heterocycles. The molecule has 0 saturated heterocycles. The van der Waals surface area contributed by atoms with E-state index in [4.69, 9.17) is 4.74 Å². The molecule has 2 aromatic carbocycles. The number of imidazole rings is 1. The van der Waals surface area contributed by atoms with Crippen LogP contribution in [0.4, 0.5) is 10.3 Å². The third-order valence-electron chi connectivity index (χ3n) is 4.42. The van der Waals surface area contributed by atoms with Crippen LogP contribution in [0.15, 0.2) is 59.8 Å². The number of benzene rings is 2. The van der Waals surface area contributed by atoms with Gasteiger partial charge in [-0.3, -0.25) is 4.57 Å². The Labute approximate surface area is 143 Å². The van der Waals surface area contributed by atoms with Gasteiger partial charge in [0.25, 0.3) is 0 Å². The van der Waals surface area contributed by atoms with Crippen molar-refractivity contribution in [3.8, 4) is 0 Å². The van der Waals surface area contributed by atoms with Crippen molar-refractivity contribution in [2.24, 2.45) is 0 Å². The van der Waals surface area contributed by atoms with E-state index in [1.54, 1.807) is 12.1 Å². The topological polar surface area (TPSA) is 56.1 Å². The van der Waals surface area contributed by atoms with Crippen LogP contribution in [0.5, 0.6) is 0 Å². The van der Waals surface area contributed by atoms with Gasteiger partial charge in [-0.05, 0) is 36.8 Å². The molecule has 1 aliphatic rings. The Balaban J connectivity index is 2.01. The molecule has 25 heavy (non-hydrogen) atoms. The molecule has 0 spiro atoms. The van der Waals surface area contributed by atoms with Crippen molar-refractivity contribution in [2.45, 2.75) is 13.0 Å². The zero-order chi connectivity index (χ0) is 17.6. The van der Waals surface area contributed by atoms with Crippen LogP contribution in [0.25, 0.3) is 11.0 Å². The molecule has 1 atom stereocenters. The largest absolute Gasteiger partial charge is 0.466 e. The highest BCUT2D eigenvalue weighted by molar-refractivity contribution is 5.94. The monoisotopic (exact) mass is 337 g/mol. The second-order valence-electron chi connectivity index (χ2n) is 5.90. The first kappa shape index (κ1) is 15.4. The van der Waals surface area contributed by atoms with Gasteiger partial charge in [-0.15, -0.1) is 0 Å². The second kappa shape index (κ2) is 5.73. The van der Waals surface area contributed by atoms with Gasteiger partial charge in [0, 0.05) is 5.70 Å². The number of methoxy groups -OCH3 is 1. The van der Waals surface area contributed by atoms with Gasteiger partial charge in [-0.2, -0.15) is 0 Å². The molecule has 0 aliphatic carbocycles. The minimum atomic E-state index is -0.448. The summed E-state index contributed by atoms with van der Waals surface area (Å²) in [6.07, 6.45) is 0. The van der Waals surface area contributed by atoms with Crippen molar-refractivity contribution in [1.82, 2.24) is 9.55 Å². The molecule has 1 N–H and O–H groups in total. The Morgan fingerprint density at radius 2 is 1.92 bits per heavy atom. The molecular weight excluding hydrogens is 321 g/mol. The number of aromatic nitrogens is 2. The first-order chi connectivity index (χ1) is 12.1. The van der Waals surface area contributed by atoms with Gasteiger partial charge in [0.15, 0.2) is 0 Å². The van der Waals surface area contributed by atoms with Crippen molar-refractivity contribution in [2.75, 3.05) is 12.4 Å². The number of hydrogen-bond acceptors (Lipinski definition) is 4. The third-order valence-corrected chi connectivity index (χ3v) is 4.42. The zero-order valence-electron chi connectivity index (χ0n) is 13.8. The molecule has 2 heterocycles. The van der Waals surface area contributed by atoms with E-state index in [-0.39, 0.29) is 5.82 Å². The van der Waals surface area contributed by atoms with Crippen molar-refractivity contribution in [3.63, 3.8) is 0 Å². The maximum Gasteiger partial charge on any atom is 0.337 e. The lowest BCUT2D eigenvalue weighted by molar-refractivity contribution is -0.136. The number of rotatable bonds is 2. The smallest absolute Gasteiger partial charge is 0.337 e. The number of fused-ring (bicyclic) bond motifs is 3. The summed E-state index contributed by atoms with van der Waals surface area (Å²) >= 11 is 0. The highest BCUT2D eigenvalue weighted by atomic mass is 19.1. The summed E-state index contributed by atoms with van der Waals surface area (Å²) < 4.78 is 20.3. The van der Waals surface area contributed by atoms with Gasteiger partial charge < -0.3 is 10.1 Å². The average Bonchev–Trinajstić information content (AvgIpc) is 2.98. The lowest BCUT2D eigenvalue weighted by Crippen LogP contribution is -2.28. The highest BCUT2D eigenvalue weighted by Gasteiger charge is 2.34. The van der Waals surface area contributed by atoms with E-state index in [0.29, 0.717) is 17.2 Å². The van der Waals surface area contributed by atoms with E-state index < -0.39 is 12.0 Å². The summed E-state index contributed by atoms with van der Waals surface area (Å²) in [5.74, 6) is -0.114. The molecule has 0 fully saturated rings. The number of esters is 1. The minimum absolute atomic E-state index is 0.325. The normalized spacial score (nSPS) is 16.5. The fourth-order valence-electron chi connectivity index (χ4n) is 3.30. The Hall–Kier alpha value is -3.15. The zero-order valence-corrected chi connectivity index (χ0v) is 13.8. The van der Waals surface area contributed by atoms with E-state index in [1.807, 2.05) is 35.8 Å². The van der Waals surface area contributed by atoms with Crippen molar-refractivity contribution in [1.29, 1.82) is 0 Å². The standard InChI is InChI=1S/C19H16FN3O2/c1-11-16(18(24)25-2)17(12-7-9-13(20)10-8-12)23-15-6-4-3-5-14(15)22-19(23)21-11/h3-10,17H,1-2H3,(H,21,22)/t17-/m0/s1. The van der Waals surface area contributed by atoms with Gasteiger partial charge in [-0.25, -0.2) is 14.2 Å². The van der Waals surface area contributed by atoms with E-state index in [2.05, 4.69) is 10.3 Å². The molecule has 126 valence electrons. The fraction of sp³-hybridized carbons (Fsp3) is 0.158. The first-order valence-electron chi connectivity index (χ1n) is 7.88. The Morgan fingerprint density at radius 1 is 1.20 bits per heavy atom. The van der Waals surface area contributed by atoms with Crippen molar-refractivity contribution >= 4 is 23.0 Å². The molecule has 0 saturated carbocycles. The second-order valence-corrected chi connectivity index (χ2v) is 5.90. The van der Waals surface area contributed by atoms with Crippen molar-refractivity contribution < 1.29 is 13.9 Å². The summed E-state index contributed by atoms with van der Waals surface area (Å²) in [5, 5.41) is 3.18. The third kappa shape index (κ3) is 2.38. The number of anilines is 1. The first-order valence-corrected chi connectivity index (χ1v) is 7.88. The number of para-hydroxylation sites is 2. The average molecular weight is 337 g/mol. The Kier molecular flexibility index (Phi) is 3.53. The van der Waals surface area contributed by atoms with Gasteiger partial charge >= 0.3 is 5.97 Å². The Bertz CT molecular complexity index is 1010. The molecule has 1 aliphatic heterocycles. The fourth-order valence-corrected chi connectivity index (χ4v) is 3.30. The quantitative estimate of drug-likeness (QED) is 0.726. The lowest BCUT2D eigenvalue weighted by Gasteiger charge is -2.30. The van der Waals surface area contributed by atoms with Crippen LogP contribution in [0, 0.1) is 5.82 Å². The van der Waals surface area contributed by atoms with Gasteiger partial charge in [0.2, 0.25) is 5.95 Å². The SMILES string of the molecule is COC(=O)C1=C(C)Nc2nc3ccccc3n2[C@H]1c1ccc(F)cc1. The maximum absolute atomic E-state index is 13.4. The van der Waals surface area contributed by atoms with Gasteiger partial charge in [0.05, 0.1) is 29.8 Å². The predicted molar refractivity (Wildman–Crippen MR) is 92.6 cm³/mol. The summed E-state index contributed by atoms with van der Waals surface area (Å²) in [4.78, 5) is 17.1. The number of carbonyl (C=O) groups excluding carboxylic acids is 1. The van der Waals surface area contributed by atoms with Crippen LogP contribution >= 0.6 is 0 Å². The van der Waals surface area contributed by atoms with E-state index in [1.165, 1.54) is 19.2 Å². The molecule has 3 aromatic rings. The molecule has 5 nitrogen and oxygen atoms in total. The minimum Gasteiger partial charge on any atom is -0.466 e. The molecule has 0 unspecified atom stereocenters. The molecule has 0 bridgehead atoms. The van der Waals surface area contributed by atoms with E-state index >= 15 is 0 Å². The highest BCUT2D eigenvalue weighted by Crippen LogP contribution is 2.39. The van der Waals surface area contributed by atoms with Crippen LogP contribution in [-0.2, 0) is 9.53 Å². The number of allylic oxidation sites excluding steroid dienone is 1. The van der Waals surface area contributed by atoms with Crippen LogP contribution in [-0.4, -0.2) is 22.6 Å². The van der Waals surface area contributed by atoms with Gasteiger partial charge in [0.1, 0.15) is 5.82 Å². The Morgan fingerprint density at radius 3 is 2.64 bits per heavy atom. The number of nitrogens with zero attached hydrogens (tertiary/aromatic N) is 2. The molecule has 0 amide bonds. The summed E-state index contributed by atoms with van der Waals surface area (Å²) in [5.41, 5.74) is 3.63. The van der Waals surface area contributed by atoms with Crippen molar-refractivity contribution in [3.05, 3.63) is 71.2 Å². The number of nitrogens with one attached hydrogen (secondary N) is 1. The van der Waals surface area contributed by atoms with E-state index in [0.717, 1.165) is 16.6 Å². The summed E-state index contributed by atoms with van der Waals surface area (Å²) in [7, 11) is 1.35. The molecular formula is C19H16FN3O2. The number of halogens is 1. The van der Waals surface area contributed by atoms with Crippen LogP contribution in [0.1, 0.15) is 18.5 Å². The van der Waals surface area contributed by atoms with Crippen LogP contribution < -0.4 is 5.32 Å². The van der Waals surface area contributed by atoms with E-state index in [9.17, 15) is 9.18 Å².